The van der Waals surface area contributed by atoms with Gasteiger partial charge >= 0.3 is 6.18 Å². The van der Waals surface area contributed by atoms with Gasteiger partial charge in [-0.25, -0.2) is 0 Å². The molecule has 1 amide bonds. The van der Waals surface area contributed by atoms with Crippen LogP contribution in [0.1, 0.15) is 47.2 Å². The first-order chi connectivity index (χ1) is 14.2. The number of halogens is 3. The number of carbonyl (C=O) groups excluding carboxylic acids is 1. The van der Waals surface area contributed by atoms with E-state index in [1.807, 2.05) is 6.92 Å². The highest BCUT2D eigenvalue weighted by atomic mass is 19.4. The monoisotopic (exact) mass is 414 g/mol. The highest BCUT2D eigenvalue weighted by Gasteiger charge is 2.35. The summed E-state index contributed by atoms with van der Waals surface area (Å²) in [6.07, 6.45) is -2.59. The van der Waals surface area contributed by atoms with Crippen LogP contribution in [0.25, 0.3) is 10.9 Å². The summed E-state index contributed by atoms with van der Waals surface area (Å²) in [5.41, 5.74) is 0.790. The van der Waals surface area contributed by atoms with Gasteiger partial charge in [-0.1, -0.05) is 12.1 Å². The minimum atomic E-state index is -4.56. The second-order valence-corrected chi connectivity index (χ2v) is 7.57. The SMILES string of the molecule is CCn1c(=O)cc(C2CC2)c2cc(C(=O)N(C)c3ccccc3C(F)(F)F)ccc21. The number of hydrogen-bond acceptors (Lipinski definition) is 2. The Morgan fingerprint density at radius 3 is 2.47 bits per heavy atom. The zero-order valence-corrected chi connectivity index (χ0v) is 16.7. The Hall–Kier alpha value is -3.09. The average molecular weight is 414 g/mol. The molecular weight excluding hydrogens is 393 g/mol. The number of fused-ring (bicyclic) bond motifs is 1. The minimum Gasteiger partial charge on any atom is -0.311 e. The molecule has 30 heavy (non-hydrogen) atoms. The molecule has 2 aromatic carbocycles. The Labute approximate surface area is 171 Å². The maximum atomic E-state index is 13.4. The molecule has 0 N–H and O–H groups in total. The molecule has 156 valence electrons. The van der Waals surface area contributed by atoms with Gasteiger partial charge in [0.15, 0.2) is 0 Å². The van der Waals surface area contributed by atoms with Crippen LogP contribution in [0.4, 0.5) is 18.9 Å². The topological polar surface area (TPSA) is 42.3 Å². The lowest BCUT2D eigenvalue weighted by molar-refractivity contribution is -0.137. The van der Waals surface area contributed by atoms with E-state index in [1.165, 1.54) is 25.2 Å². The number of amides is 1. The van der Waals surface area contributed by atoms with Gasteiger partial charge in [-0.15, -0.1) is 0 Å². The number of alkyl halides is 3. The fourth-order valence-corrected chi connectivity index (χ4v) is 3.91. The van der Waals surface area contributed by atoms with Crippen molar-refractivity contribution in [1.29, 1.82) is 0 Å². The van der Waals surface area contributed by atoms with Crippen molar-refractivity contribution in [3.63, 3.8) is 0 Å². The first-order valence-electron chi connectivity index (χ1n) is 9.84. The third kappa shape index (κ3) is 3.49. The summed E-state index contributed by atoms with van der Waals surface area (Å²) in [6.45, 7) is 2.37. The number of nitrogens with zero attached hydrogens (tertiary/aromatic N) is 2. The van der Waals surface area contributed by atoms with Gasteiger partial charge in [0.25, 0.3) is 11.5 Å². The number of aromatic nitrogens is 1. The molecule has 0 unspecified atom stereocenters. The molecule has 1 saturated carbocycles. The lowest BCUT2D eigenvalue weighted by Gasteiger charge is -2.22. The molecule has 0 aliphatic heterocycles. The van der Waals surface area contributed by atoms with Crippen molar-refractivity contribution in [2.75, 3.05) is 11.9 Å². The molecule has 0 bridgehead atoms. The third-order valence-electron chi connectivity index (χ3n) is 5.60. The van der Waals surface area contributed by atoms with Crippen LogP contribution in [0.3, 0.4) is 0 Å². The first kappa shape index (κ1) is 20.2. The minimum absolute atomic E-state index is 0.0813. The summed E-state index contributed by atoms with van der Waals surface area (Å²) in [5.74, 6) is -0.245. The molecule has 0 spiro atoms. The molecule has 4 rings (SSSR count). The van der Waals surface area contributed by atoms with E-state index in [2.05, 4.69) is 0 Å². The van der Waals surface area contributed by atoms with Crippen molar-refractivity contribution in [2.45, 2.75) is 38.4 Å². The largest absolute Gasteiger partial charge is 0.418 e. The van der Waals surface area contributed by atoms with Crippen molar-refractivity contribution < 1.29 is 18.0 Å². The zero-order valence-electron chi connectivity index (χ0n) is 16.7. The molecular formula is C23H21F3N2O2. The summed E-state index contributed by atoms with van der Waals surface area (Å²) in [7, 11) is 1.34. The predicted octanol–water partition coefficient (Wildman–Crippen LogP) is 5.19. The van der Waals surface area contributed by atoms with Gasteiger partial charge < -0.3 is 9.47 Å². The molecule has 1 aliphatic rings. The highest BCUT2D eigenvalue weighted by molar-refractivity contribution is 6.08. The maximum absolute atomic E-state index is 13.4. The maximum Gasteiger partial charge on any atom is 0.418 e. The van der Waals surface area contributed by atoms with E-state index in [0.717, 1.165) is 40.3 Å². The van der Waals surface area contributed by atoms with E-state index in [-0.39, 0.29) is 16.8 Å². The number of anilines is 1. The molecule has 3 aromatic rings. The van der Waals surface area contributed by atoms with Crippen molar-refractivity contribution in [3.8, 4) is 0 Å². The second-order valence-electron chi connectivity index (χ2n) is 7.57. The Kier molecular flexibility index (Phi) is 4.92. The van der Waals surface area contributed by atoms with Crippen LogP contribution >= 0.6 is 0 Å². The average Bonchev–Trinajstić information content (AvgIpc) is 3.56. The molecule has 0 saturated heterocycles. The lowest BCUT2D eigenvalue weighted by Crippen LogP contribution is -2.28. The van der Waals surface area contributed by atoms with E-state index in [4.69, 9.17) is 0 Å². The number of carbonyl (C=O) groups is 1. The Bertz CT molecular complexity index is 1190. The number of hydrogen-bond donors (Lipinski definition) is 0. The van der Waals surface area contributed by atoms with Crippen LogP contribution in [0, 0.1) is 0 Å². The molecule has 1 fully saturated rings. The smallest absolute Gasteiger partial charge is 0.311 e. The van der Waals surface area contributed by atoms with Crippen LogP contribution in [-0.2, 0) is 12.7 Å². The third-order valence-corrected chi connectivity index (χ3v) is 5.60. The van der Waals surface area contributed by atoms with Gasteiger partial charge in [-0.05, 0) is 61.6 Å². The number of rotatable bonds is 4. The molecule has 0 radical (unpaired) electrons. The van der Waals surface area contributed by atoms with E-state index in [1.54, 1.807) is 28.8 Å². The number of pyridine rings is 1. The standard InChI is InChI=1S/C23H21F3N2O2/c1-3-28-19-11-10-15(12-17(19)16(13-21(28)29)14-8-9-14)22(30)27(2)20-7-5-4-6-18(20)23(24,25)26/h4-7,10-14H,3,8-9H2,1-2H3. The van der Waals surface area contributed by atoms with Crippen molar-refractivity contribution >= 4 is 22.5 Å². The number of benzene rings is 2. The fraction of sp³-hybridized carbons (Fsp3) is 0.304. The first-order valence-corrected chi connectivity index (χ1v) is 9.84. The number of para-hydroxylation sites is 1. The van der Waals surface area contributed by atoms with Crippen LogP contribution in [0.5, 0.6) is 0 Å². The normalized spacial score (nSPS) is 14.2. The Morgan fingerprint density at radius 1 is 1.13 bits per heavy atom. The van der Waals surface area contributed by atoms with Gasteiger partial charge in [-0.3, -0.25) is 9.59 Å². The summed E-state index contributed by atoms with van der Waals surface area (Å²) >= 11 is 0. The Morgan fingerprint density at radius 2 is 1.83 bits per heavy atom. The van der Waals surface area contributed by atoms with E-state index in [9.17, 15) is 22.8 Å². The van der Waals surface area contributed by atoms with Crippen LogP contribution < -0.4 is 10.5 Å². The van der Waals surface area contributed by atoms with E-state index < -0.39 is 17.6 Å². The van der Waals surface area contributed by atoms with Crippen molar-refractivity contribution in [3.05, 3.63) is 75.6 Å². The van der Waals surface area contributed by atoms with Gasteiger partial charge in [-0.2, -0.15) is 13.2 Å². The fourth-order valence-electron chi connectivity index (χ4n) is 3.91. The van der Waals surface area contributed by atoms with Crippen LogP contribution in [0.15, 0.2) is 53.3 Å². The Balaban J connectivity index is 1.81. The van der Waals surface area contributed by atoms with E-state index in [0.29, 0.717) is 12.5 Å². The number of aryl methyl sites for hydroxylation is 1. The van der Waals surface area contributed by atoms with Crippen molar-refractivity contribution in [2.24, 2.45) is 0 Å². The van der Waals surface area contributed by atoms with Gasteiger partial charge in [0.05, 0.1) is 16.8 Å². The molecule has 1 aliphatic carbocycles. The molecule has 7 heteroatoms. The quantitative estimate of drug-likeness (QED) is 0.589. The van der Waals surface area contributed by atoms with Crippen molar-refractivity contribution in [1.82, 2.24) is 4.57 Å². The molecule has 0 atom stereocenters. The van der Waals surface area contributed by atoms with Gasteiger partial charge in [0, 0.05) is 30.6 Å². The van der Waals surface area contributed by atoms with Gasteiger partial charge in [0.1, 0.15) is 0 Å². The summed E-state index contributed by atoms with van der Waals surface area (Å²) < 4.78 is 41.8. The summed E-state index contributed by atoms with van der Waals surface area (Å²) in [5, 5.41) is 0.808. The van der Waals surface area contributed by atoms with E-state index >= 15 is 0 Å². The molecule has 1 heterocycles. The zero-order chi connectivity index (χ0) is 21.6. The van der Waals surface area contributed by atoms with Crippen LogP contribution in [0.2, 0.25) is 0 Å². The molecule has 4 nitrogen and oxygen atoms in total. The summed E-state index contributed by atoms with van der Waals surface area (Å²) in [4.78, 5) is 26.5. The van der Waals surface area contributed by atoms with Crippen LogP contribution in [-0.4, -0.2) is 17.5 Å². The predicted molar refractivity (Wildman–Crippen MR) is 110 cm³/mol. The lowest BCUT2D eigenvalue weighted by atomic mass is 10.0. The molecule has 1 aromatic heterocycles. The highest BCUT2D eigenvalue weighted by Crippen LogP contribution is 2.43. The summed E-state index contributed by atoms with van der Waals surface area (Å²) in [6, 6.07) is 11.6. The second kappa shape index (κ2) is 7.31. The van der Waals surface area contributed by atoms with Gasteiger partial charge in [0.2, 0.25) is 0 Å².